The predicted octanol–water partition coefficient (Wildman–Crippen LogP) is 3.91. The number of thiophene rings is 1. The molecule has 18 heavy (non-hydrogen) atoms. The number of benzene rings is 1. The van der Waals surface area contributed by atoms with Gasteiger partial charge in [0.05, 0.1) is 4.88 Å². The van der Waals surface area contributed by atoms with Crippen molar-refractivity contribution in [2.45, 2.75) is 6.92 Å². The molecule has 0 aliphatic carbocycles. The van der Waals surface area contributed by atoms with E-state index in [0.717, 1.165) is 10.3 Å². The van der Waals surface area contributed by atoms with E-state index >= 15 is 0 Å². The third kappa shape index (κ3) is 1.75. The van der Waals surface area contributed by atoms with E-state index in [-0.39, 0.29) is 11.6 Å². The van der Waals surface area contributed by atoms with Crippen LogP contribution in [-0.4, -0.2) is 10.8 Å². The third-order valence-electron chi connectivity index (χ3n) is 2.85. The summed E-state index contributed by atoms with van der Waals surface area (Å²) >= 11 is 1.47. The SMILES string of the molecule is Cc1ccc(C(=O)c2c[nH]c3cc(F)ccc23)s1. The maximum absolute atomic E-state index is 13.1. The average Bonchev–Trinajstić information content (AvgIpc) is 2.94. The number of hydrogen-bond acceptors (Lipinski definition) is 2. The van der Waals surface area contributed by atoms with Gasteiger partial charge in [0.1, 0.15) is 5.82 Å². The molecule has 2 aromatic heterocycles. The molecule has 0 radical (unpaired) electrons. The minimum Gasteiger partial charge on any atom is -0.360 e. The van der Waals surface area contributed by atoms with Crippen LogP contribution in [0.5, 0.6) is 0 Å². The Kier molecular flexibility index (Phi) is 2.52. The third-order valence-corrected chi connectivity index (χ3v) is 3.85. The van der Waals surface area contributed by atoms with Crippen molar-refractivity contribution in [2.75, 3.05) is 0 Å². The summed E-state index contributed by atoms with van der Waals surface area (Å²) < 4.78 is 13.1. The highest BCUT2D eigenvalue weighted by molar-refractivity contribution is 7.14. The molecule has 2 heterocycles. The fourth-order valence-electron chi connectivity index (χ4n) is 1.98. The zero-order valence-corrected chi connectivity index (χ0v) is 10.5. The van der Waals surface area contributed by atoms with E-state index < -0.39 is 0 Å². The van der Waals surface area contributed by atoms with Crippen LogP contribution >= 0.6 is 11.3 Å². The van der Waals surface area contributed by atoms with E-state index in [9.17, 15) is 9.18 Å². The molecule has 1 N–H and O–H groups in total. The standard InChI is InChI=1S/C14H10FNOS/c1-8-2-5-13(18-8)14(17)11-7-16-12-6-9(15)3-4-10(11)12/h2-7,16H,1H3. The molecule has 0 amide bonds. The van der Waals surface area contributed by atoms with E-state index in [1.165, 1.54) is 23.5 Å². The molecular weight excluding hydrogens is 249 g/mol. The lowest BCUT2D eigenvalue weighted by molar-refractivity contribution is 0.104. The highest BCUT2D eigenvalue weighted by atomic mass is 32.1. The fraction of sp³-hybridized carbons (Fsp3) is 0.0714. The molecule has 0 saturated heterocycles. The van der Waals surface area contributed by atoms with E-state index in [0.29, 0.717) is 16.0 Å². The van der Waals surface area contributed by atoms with Crippen molar-refractivity contribution in [3.63, 3.8) is 0 Å². The number of aromatic nitrogens is 1. The molecule has 0 spiro atoms. The summed E-state index contributed by atoms with van der Waals surface area (Å²) in [7, 11) is 0. The number of hydrogen-bond donors (Lipinski definition) is 1. The topological polar surface area (TPSA) is 32.9 Å². The van der Waals surface area contributed by atoms with Crippen LogP contribution in [0, 0.1) is 12.7 Å². The van der Waals surface area contributed by atoms with Crippen LogP contribution in [0.25, 0.3) is 10.9 Å². The number of nitrogens with one attached hydrogen (secondary N) is 1. The van der Waals surface area contributed by atoms with Crippen LogP contribution in [0.4, 0.5) is 4.39 Å². The zero-order chi connectivity index (χ0) is 12.7. The molecule has 0 fully saturated rings. The van der Waals surface area contributed by atoms with Crippen molar-refractivity contribution < 1.29 is 9.18 Å². The van der Waals surface area contributed by atoms with E-state index in [1.54, 1.807) is 12.3 Å². The molecule has 3 rings (SSSR count). The molecule has 0 atom stereocenters. The van der Waals surface area contributed by atoms with Crippen molar-refractivity contribution in [1.29, 1.82) is 0 Å². The molecule has 0 aliphatic heterocycles. The minimum absolute atomic E-state index is 0.0223. The first kappa shape index (κ1) is 11.2. The quantitative estimate of drug-likeness (QED) is 0.695. The zero-order valence-electron chi connectivity index (χ0n) is 9.66. The highest BCUT2D eigenvalue weighted by Crippen LogP contribution is 2.25. The molecule has 3 aromatic rings. The van der Waals surface area contributed by atoms with Gasteiger partial charge >= 0.3 is 0 Å². The van der Waals surface area contributed by atoms with E-state index in [2.05, 4.69) is 4.98 Å². The van der Waals surface area contributed by atoms with Gasteiger partial charge in [0, 0.05) is 27.5 Å². The second kappa shape index (κ2) is 4.07. The van der Waals surface area contributed by atoms with Crippen molar-refractivity contribution >= 4 is 28.0 Å². The molecule has 90 valence electrons. The summed E-state index contributed by atoms with van der Waals surface area (Å²) in [6.45, 7) is 1.96. The summed E-state index contributed by atoms with van der Waals surface area (Å²) in [5.41, 5.74) is 1.23. The molecular formula is C14H10FNOS. The number of carbonyl (C=O) groups excluding carboxylic acids is 1. The van der Waals surface area contributed by atoms with Crippen molar-refractivity contribution in [3.05, 3.63) is 57.7 Å². The Morgan fingerprint density at radius 1 is 1.28 bits per heavy atom. The number of aromatic amines is 1. The Morgan fingerprint density at radius 3 is 2.83 bits per heavy atom. The largest absolute Gasteiger partial charge is 0.360 e. The summed E-state index contributed by atoms with van der Waals surface area (Å²) in [5, 5.41) is 0.757. The fourth-order valence-corrected chi connectivity index (χ4v) is 2.80. The van der Waals surface area contributed by atoms with E-state index in [1.807, 2.05) is 19.1 Å². The Labute approximate surface area is 107 Å². The van der Waals surface area contributed by atoms with Crippen molar-refractivity contribution in [3.8, 4) is 0 Å². The van der Waals surface area contributed by atoms with Gasteiger partial charge in [0.15, 0.2) is 0 Å². The van der Waals surface area contributed by atoms with Crippen molar-refractivity contribution in [2.24, 2.45) is 0 Å². The number of H-pyrrole nitrogens is 1. The predicted molar refractivity (Wildman–Crippen MR) is 70.7 cm³/mol. The summed E-state index contributed by atoms with van der Waals surface area (Å²) in [4.78, 5) is 17.1. The number of rotatable bonds is 2. The Bertz CT molecular complexity index is 741. The normalized spacial score (nSPS) is 11.0. The molecule has 4 heteroatoms. The van der Waals surface area contributed by atoms with Gasteiger partial charge < -0.3 is 4.98 Å². The molecule has 2 nitrogen and oxygen atoms in total. The molecule has 1 aromatic carbocycles. The Morgan fingerprint density at radius 2 is 2.11 bits per heavy atom. The number of fused-ring (bicyclic) bond motifs is 1. The molecule has 0 aliphatic rings. The minimum atomic E-state index is -0.310. The summed E-state index contributed by atoms with van der Waals surface area (Å²) in [6.07, 6.45) is 1.64. The van der Waals surface area contributed by atoms with Gasteiger partial charge in [0.25, 0.3) is 0 Å². The van der Waals surface area contributed by atoms with Gasteiger partial charge in [-0.05, 0) is 37.3 Å². The Hall–Kier alpha value is -1.94. The first-order valence-electron chi connectivity index (χ1n) is 5.53. The number of ketones is 1. The van der Waals surface area contributed by atoms with Gasteiger partial charge in [0.2, 0.25) is 5.78 Å². The van der Waals surface area contributed by atoms with Crippen LogP contribution in [0.1, 0.15) is 20.1 Å². The van der Waals surface area contributed by atoms with E-state index in [4.69, 9.17) is 0 Å². The summed E-state index contributed by atoms with van der Waals surface area (Å²) in [5.74, 6) is -0.332. The number of aryl methyl sites for hydroxylation is 1. The van der Waals surface area contributed by atoms with Crippen LogP contribution in [-0.2, 0) is 0 Å². The molecule has 0 saturated carbocycles. The van der Waals surface area contributed by atoms with Crippen LogP contribution < -0.4 is 0 Å². The highest BCUT2D eigenvalue weighted by Gasteiger charge is 2.15. The van der Waals surface area contributed by atoms with Crippen molar-refractivity contribution in [1.82, 2.24) is 4.98 Å². The number of halogens is 1. The second-order valence-electron chi connectivity index (χ2n) is 4.13. The Balaban J connectivity index is 2.12. The average molecular weight is 259 g/mol. The van der Waals surface area contributed by atoms with Gasteiger partial charge in [-0.15, -0.1) is 11.3 Å². The second-order valence-corrected chi connectivity index (χ2v) is 5.42. The lowest BCUT2D eigenvalue weighted by atomic mass is 10.1. The van der Waals surface area contributed by atoms with Gasteiger partial charge in [-0.25, -0.2) is 4.39 Å². The molecule has 0 bridgehead atoms. The van der Waals surface area contributed by atoms with Crippen LogP contribution in [0.2, 0.25) is 0 Å². The lowest BCUT2D eigenvalue weighted by Gasteiger charge is -1.96. The lowest BCUT2D eigenvalue weighted by Crippen LogP contribution is -1.96. The van der Waals surface area contributed by atoms with Crippen LogP contribution in [0.15, 0.2) is 36.5 Å². The van der Waals surface area contributed by atoms with Crippen LogP contribution in [0.3, 0.4) is 0 Å². The first-order valence-corrected chi connectivity index (χ1v) is 6.34. The first-order chi connectivity index (χ1) is 8.65. The number of carbonyl (C=O) groups is 1. The van der Waals surface area contributed by atoms with Gasteiger partial charge in [-0.1, -0.05) is 0 Å². The maximum Gasteiger partial charge on any atom is 0.205 e. The van der Waals surface area contributed by atoms with Gasteiger partial charge in [-0.3, -0.25) is 4.79 Å². The maximum atomic E-state index is 13.1. The smallest absolute Gasteiger partial charge is 0.205 e. The van der Waals surface area contributed by atoms with Gasteiger partial charge in [-0.2, -0.15) is 0 Å². The monoisotopic (exact) mass is 259 g/mol. The molecule has 0 unspecified atom stereocenters. The summed E-state index contributed by atoms with van der Waals surface area (Å²) in [6, 6.07) is 8.14.